The van der Waals surface area contributed by atoms with E-state index in [0.717, 1.165) is 15.8 Å². The summed E-state index contributed by atoms with van der Waals surface area (Å²) in [5.41, 5.74) is 2.79. The van der Waals surface area contributed by atoms with Crippen molar-refractivity contribution in [2.45, 2.75) is 38.5 Å². The van der Waals surface area contributed by atoms with E-state index in [4.69, 9.17) is 11.6 Å². The third-order valence-electron chi connectivity index (χ3n) is 5.42. The smallest absolute Gasteiger partial charge is 0.363 e. The van der Waals surface area contributed by atoms with Gasteiger partial charge in [-0.1, -0.05) is 47.5 Å². The van der Waals surface area contributed by atoms with Crippen LogP contribution in [0.4, 0.5) is 24.7 Å². The predicted octanol–water partition coefficient (Wildman–Crippen LogP) is 6.07. The molecule has 1 amide bonds. The number of benzene rings is 2. The van der Waals surface area contributed by atoms with Gasteiger partial charge in [0.2, 0.25) is 0 Å². The molecule has 0 spiro atoms. The van der Waals surface area contributed by atoms with Crippen LogP contribution < -0.4 is 10.6 Å². The standard InChI is InChI=1S/C22H20ClF3N4O/c1-12-6-8-14(9-7-12)17-10-19(22(24,25)26)30-20(27-17)11-18(29-30)21(31)28-16-5-3-4-15(23)13(16)2/h3-9,11,17,19,27H,10H2,1-2H3,(H,28,31)/t17-,19+/m0/s1. The minimum absolute atomic E-state index is 0.110. The molecule has 0 radical (unpaired) electrons. The van der Waals surface area contributed by atoms with Crippen molar-refractivity contribution in [2.75, 3.05) is 10.6 Å². The van der Waals surface area contributed by atoms with E-state index in [9.17, 15) is 18.0 Å². The number of rotatable bonds is 3. The van der Waals surface area contributed by atoms with Crippen molar-refractivity contribution in [3.63, 3.8) is 0 Å². The molecule has 0 fully saturated rings. The van der Waals surface area contributed by atoms with Crippen molar-refractivity contribution in [3.05, 3.63) is 75.9 Å². The molecule has 3 aromatic rings. The van der Waals surface area contributed by atoms with Crippen molar-refractivity contribution in [2.24, 2.45) is 0 Å². The van der Waals surface area contributed by atoms with E-state index in [-0.39, 0.29) is 17.9 Å². The number of amides is 1. The first-order valence-electron chi connectivity index (χ1n) is 9.69. The molecule has 0 unspecified atom stereocenters. The van der Waals surface area contributed by atoms with Gasteiger partial charge in [-0.25, -0.2) is 4.68 Å². The number of alkyl halides is 3. The summed E-state index contributed by atoms with van der Waals surface area (Å²) in [4.78, 5) is 12.7. The zero-order valence-corrected chi connectivity index (χ0v) is 17.6. The monoisotopic (exact) mass is 448 g/mol. The van der Waals surface area contributed by atoms with Gasteiger partial charge in [-0.2, -0.15) is 18.3 Å². The maximum Gasteiger partial charge on any atom is 0.410 e. The lowest BCUT2D eigenvalue weighted by Gasteiger charge is -2.33. The summed E-state index contributed by atoms with van der Waals surface area (Å²) < 4.78 is 42.3. The van der Waals surface area contributed by atoms with Gasteiger partial charge >= 0.3 is 6.18 Å². The van der Waals surface area contributed by atoms with Gasteiger partial charge in [0.15, 0.2) is 11.7 Å². The third-order valence-corrected chi connectivity index (χ3v) is 5.83. The van der Waals surface area contributed by atoms with Gasteiger partial charge in [-0.15, -0.1) is 0 Å². The van der Waals surface area contributed by atoms with Gasteiger partial charge in [-0.05, 0) is 37.1 Å². The number of halogens is 4. The van der Waals surface area contributed by atoms with Crippen molar-refractivity contribution in [3.8, 4) is 0 Å². The Bertz CT molecular complexity index is 1120. The maximum absolute atomic E-state index is 13.8. The number of hydrogen-bond donors (Lipinski definition) is 2. The molecule has 1 aromatic heterocycles. The second kappa shape index (κ2) is 7.92. The molecular weight excluding hydrogens is 429 g/mol. The zero-order chi connectivity index (χ0) is 22.3. The average molecular weight is 449 g/mol. The SMILES string of the molecule is Cc1ccc([C@@H]2C[C@H](C(F)(F)F)n3nc(C(=O)Nc4cccc(Cl)c4C)cc3N2)cc1. The quantitative estimate of drug-likeness (QED) is 0.511. The second-order valence-electron chi connectivity index (χ2n) is 7.63. The molecule has 5 nitrogen and oxygen atoms in total. The van der Waals surface area contributed by atoms with Crippen LogP contribution in [0, 0.1) is 13.8 Å². The number of aryl methyl sites for hydroxylation is 1. The molecule has 2 N–H and O–H groups in total. The molecule has 4 rings (SSSR count). The highest BCUT2D eigenvalue weighted by molar-refractivity contribution is 6.31. The maximum atomic E-state index is 13.8. The molecule has 2 heterocycles. The fourth-order valence-corrected chi connectivity index (χ4v) is 3.81. The number of nitrogens with zero attached hydrogens (tertiary/aromatic N) is 2. The number of nitrogens with one attached hydrogen (secondary N) is 2. The molecule has 0 saturated carbocycles. The summed E-state index contributed by atoms with van der Waals surface area (Å²) >= 11 is 6.07. The molecule has 1 aliphatic rings. The van der Waals surface area contributed by atoms with Crippen LogP contribution in [0.25, 0.3) is 0 Å². The summed E-state index contributed by atoms with van der Waals surface area (Å²) in [5, 5.41) is 10.2. The fourth-order valence-electron chi connectivity index (χ4n) is 3.63. The summed E-state index contributed by atoms with van der Waals surface area (Å²) in [6.45, 7) is 3.65. The van der Waals surface area contributed by atoms with Crippen LogP contribution in [0.1, 0.15) is 45.7 Å². The molecule has 1 aliphatic heterocycles. The van der Waals surface area contributed by atoms with Crippen LogP contribution in [-0.4, -0.2) is 21.9 Å². The second-order valence-corrected chi connectivity index (χ2v) is 8.03. The van der Waals surface area contributed by atoms with Gasteiger partial charge < -0.3 is 10.6 Å². The van der Waals surface area contributed by atoms with Crippen LogP contribution in [-0.2, 0) is 0 Å². The van der Waals surface area contributed by atoms with Crippen molar-refractivity contribution in [1.29, 1.82) is 0 Å². The minimum atomic E-state index is -4.51. The normalized spacial score (nSPS) is 18.3. The van der Waals surface area contributed by atoms with Crippen LogP contribution >= 0.6 is 11.6 Å². The van der Waals surface area contributed by atoms with Crippen LogP contribution in [0.15, 0.2) is 48.5 Å². The first-order valence-corrected chi connectivity index (χ1v) is 10.1. The molecule has 0 aliphatic carbocycles. The molecule has 0 saturated heterocycles. The van der Waals surface area contributed by atoms with E-state index in [1.54, 1.807) is 25.1 Å². The first-order chi connectivity index (χ1) is 14.6. The zero-order valence-electron chi connectivity index (χ0n) is 16.8. The molecule has 9 heteroatoms. The van der Waals surface area contributed by atoms with Gasteiger partial charge in [0.1, 0.15) is 5.82 Å². The summed E-state index contributed by atoms with van der Waals surface area (Å²) in [5.74, 6) is -0.464. The van der Waals surface area contributed by atoms with Crippen LogP contribution in [0.5, 0.6) is 0 Å². The van der Waals surface area contributed by atoms with Crippen molar-refractivity contribution < 1.29 is 18.0 Å². The Morgan fingerprint density at radius 2 is 1.90 bits per heavy atom. The fraction of sp³-hybridized carbons (Fsp3) is 0.273. The Hall–Kier alpha value is -3.00. The van der Waals surface area contributed by atoms with Crippen LogP contribution in [0.3, 0.4) is 0 Å². The Balaban J connectivity index is 1.65. The van der Waals surface area contributed by atoms with Crippen LogP contribution in [0.2, 0.25) is 5.02 Å². The summed E-state index contributed by atoms with van der Waals surface area (Å²) in [6, 6.07) is 11.3. The Morgan fingerprint density at radius 3 is 2.58 bits per heavy atom. The largest absolute Gasteiger partial charge is 0.410 e. The number of carbonyl (C=O) groups is 1. The lowest BCUT2D eigenvalue weighted by atomic mass is 9.96. The van der Waals surface area contributed by atoms with E-state index < -0.39 is 24.2 Å². The average Bonchev–Trinajstić information content (AvgIpc) is 3.14. The number of fused-ring (bicyclic) bond motifs is 1. The van der Waals surface area contributed by atoms with Crippen molar-refractivity contribution in [1.82, 2.24) is 9.78 Å². The lowest BCUT2D eigenvalue weighted by molar-refractivity contribution is -0.173. The molecule has 2 aromatic carbocycles. The van der Waals surface area contributed by atoms with E-state index >= 15 is 0 Å². The van der Waals surface area contributed by atoms with Gasteiger partial charge in [0.05, 0.1) is 6.04 Å². The topological polar surface area (TPSA) is 59.0 Å². The molecule has 0 bridgehead atoms. The highest BCUT2D eigenvalue weighted by Gasteiger charge is 2.46. The van der Waals surface area contributed by atoms with E-state index in [0.29, 0.717) is 16.3 Å². The highest BCUT2D eigenvalue weighted by Crippen LogP contribution is 2.43. The predicted molar refractivity (Wildman–Crippen MR) is 114 cm³/mol. The minimum Gasteiger partial charge on any atom is -0.363 e. The Kier molecular flexibility index (Phi) is 5.43. The number of anilines is 2. The highest BCUT2D eigenvalue weighted by atomic mass is 35.5. The van der Waals surface area contributed by atoms with E-state index in [1.807, 2.05) is 31.2 Å². The van der Waals surface area contributed by atoms with Crippen molar-refractivity contribution >= 4 is 29.0 Å². The Morgan fingerprint density at radius 1 is 1.19 bits per heavy atom. The molecular formula is C22H20ClF3N4O. The first kappa shape index (κ1) is 21.2. The number of hydrogen-bond acceptors (Lipinski definition) is 3. The van der Waals surface area contributed by atoms with Gasteiger partial charge in [0.25, 0.3) is 5.91 Å². The lowest BCUT2D eigenvalue weighted by Crippen LogP contribution is -2.35. The molecule has 31 heavy (non-hydrogen) atoms. The molecule has 162 valence electrons. The summed E-state index contributed by atoms with van der Waals surface area (Å²) in [6.07, 6.45) is -4.74. The van der Waals surface area contributed by atoms with E-state index in [2.05, 4.69) is 15.7 Å². The van der Waals surface area contributed by atoms with Gasteiger partial charge in [0, 0.05) is 23.2 Å². The Labute approximate surface area is 182 Å². The van der Waals surface area contributed by atoms with Gasteiger partial charge in [-0.3, -0.25) is 4.79 Å². The molecule has 2 atom stereocenters. The number of carbonyl (C=O) groups excluding carboxylic acids is 1. The van der Waals surface area contributed by atoms with E-state index in [1.165, 1.54) is 6.07 Å². The summed E-state index contributed by atoms with van der Waals surface area (Å²) in [7, 11) is 0. The third kappa shape index (κ3) is 4.25. The number of aromatic nitrogens is 2.